The van der Waals surface area contributed by atoms with E-state index in [4.69, 9.17) is 4.74 Å². The molecule has 0 aliphatic rings. The average molecular weight is 188 g/mol. The summed E-state index contributed by atoms with van der Waals surface area (Å²) in [4.78, 5) is 13.0. The van der Waals surface area contributed by atoms with Crippen LogP contribution < -0.4 is 5.32 Å². The number of amides is 1. The van der Waals surface area contributed by atoms with Gasteiger partial charge < -0.3 is 10.1 Å². The molecule has 0 aromatic carbocycles. The fourth-order valence-corrected chi connectivity index (χ4v) is 0.942. The van der Waals surface area contributed by atoms with Crippen LogP contribution in [0.25, 0.3) is 0 Å². The summed E-state index contributed by atoms with van der Waals surface area (Å²) >= 11 is 0. The zero-order chi connectivity index (χ0) is 10.1. The third-order valence-corrected chi connectivity index (χ3v) is 1.61. The molecule has 0 radical (unpaired) electrons. The van der Waals surface area contributed by atoms with E-state index in [1.807, 2.05) is 25.8 Å². The van der Waals surface area contributed by atoms with Gasteiger partial charge in [0.1, 0.15) is 0 Å². The van der Waals surface area contributed by atoms with E-state index in [0.717, 1.165) is 13.2 Å². The van der Waals surface area contributed by atoms with Gasteiger partial charge in [0.05, 0.1) is 13.2 Å². The van der Waals surface area contributed by atoms with Crippen molar-refractivity contribution in [2.24, 2.45) is 0 Å². The van der Waals surface area contributed by atoms with Gasteiger partial charge in [-0.15, -0.1) is 0 Å². The van der Waals surface area contributed by atoms with Gasteiger partial charge in [-0.3, -0.25) is 9.69 Å². The normalized spacial score (nSPS) is 10.5. The fraction of sp³-hybridized carbons (Fsp3) is 0.889. The topological polar surface area (TPSA) is 41.6 Å². The van der Waals surface area contributed by atoms with E-state index >= 15 is 0 Å². The third kappa shape index (κ3) is 7.74. The molecule has 0 heterocycles. The molecule has 1 amide bonds. The van der Waals surface area contributed by atoms with Gasteiger partial charge in [0.2, 0.25) is 5.91 Å². The SMILES string of the molecule is CCNC(=O)CN(C)CCOCC. The average Bonchev–Trinajstić information content (AvgIpc) is 2.05. The van der Waals surface area contributed by atoms with Crippen LogP contribution in [-0.2, 0) is 9.53 Å². The Hall–Kier alpha value is -0.610. The van der Waals surface area contributed by atoms with E-state index < -0.39 is 0 Å². The van der Waals surface area contributed by atoms with Crippen molar-refractivity contribution in [1.82, 2.24) is 10.2 Å². The largest absolute Gasteiger partial charge is 0.380 e. The maximum Gasteiger partial charge on any atom is 0.234 e. The summed E-state index contributed by atoms with van der Waals surface area (Å²) in [5.74, 6) is 0.0708. The van der Waals surface area contributed by atoms with Crippen molar-refractivity contribution >= 4 is 5.91 Å². The lowest BCUT2D eigenvalue weighted by molar-refractivity contribution is -0.121. The number of hydrogen-bond acceptors (Lipinski definition) is 3. The number of carbonyl (C=O) groups excluding carboxylic acids is 1. The molecule has 0 aliphatic carbocycles. The number of nitrogens with one attached hydrogen (secondary N) is 1. The van der Waals surface area contributed by atoms with E-state index in [9.17, 15) is 4.79 Å². The van der Waals surface area contributed by atoms with E-state index in [-0.39, 0.29) is 5.91 Å². The summed E-state index contributed by atoms with van der Waals surface area (Å²) in [6.45, 7) is 7.23. The van der Waals surface area contributed by atoms with Crippen LogP contribution in [0.1, 0.15) is 13.8 Å². The van der Waals surface area contributed by atoms with Gasteiger partial charge in [-0.05, 0) is 20.9 Å². The molecule has 0 aliphatic heterocycles. The van der Waals surface area contributed by atoms with Crippen molar-refractivity contribution in [2.75, 3.05) is 39.9 Å². The Morgan fingerprint density at radius 1 is 1.46 bits per heavy atom. The first kappa shape index (κ1) is 12.4. The highest BCUT2D eigenvalue weighted by molar-refractivity contribution is 5.77. The van der Waals surface area contributed by atoms with Gasteiger partial charge in [-0.25, -0.2) is 0 Å². The van der Waals surface area contributed by atoms with Crippen LogP contribution in [0.2, 0.25) is 0 Å². The summed E-state index contributed by atoms with van der Waals surface area (Å²) in [5.41, 5.74) is 0. The van der Waals surface area contributed by atoms with Gasteiger partial charge in [0.25, 0.3) is 0 Å². The number of hydrogen-bond donors (Lipinski definition) is 1. The number of likely N-dealkylation sites (N-methyl/N-ethyl adjacent to an activating group) is 2. The quantitative estimate of drug-likeness (QED) is 0.576. The number of nitrogens with zero attached hydrogens (tertiary/aromatic N) is 1. The van der Waals surface area contributed by atoms with Crippen LogP contribution in [0.4, 0.5) is 0 Å². The molecule has 13 heavy (non-hydrogen) atoms. The number of carbonyl (C=O) groups is 1. The predicted octanol–water partition coefficient (Wildman–Crippen LogP) is 0.0908. The second-order valence-electron chi connectivity index (χ2n) is 2.89. The van der Waals surface area contributed by atoms with Crippen LogP contribution in [0, 0.1) is 0 Å². The number of ether oxygens (including phenoxy) is 1. The molecule has 0 fully saturated rings. The first-order valence-electron chi connectivity index (χ1n) is 4.73. The Kier molecular flexibility index (Phi) is 7.63. The van der Waals surface area contributed by atoms with Gasteiger partial charge in [0.15, 0.2) is 0 Å². The maximum absolute atomic E-state index is 11.1. The van der Waals surface area contributed by atoms with Gasteiger partial charge in [-0.1, -0.05) is 0 Å². The van der Waals surface area contributed by atoms with Crippen LogP contribution in [0.15, 0.2) is 0 Å². The molecule has 0 atom stereocenters. The van der Waals surface area contributed by atoms with Gasteiger partial charge in [0, 0.05) is 19.7 Å². The standard InChI is InChI=1S/C9H20N2O2/c1-4-10-9(12)8-11(3)6-7-13-5-2/h4-8H2,1-3H3,(H,10,12). The molecule has 0 unspecified atom stereocenters. The van der Waals surface area contributed by atoms with Crippen molar-refractivity contribution in [3.63, 3.8) is 0 Å². The molecular formula is C9H20N2O2. The molecule has 0 spiro atoms. The molecule has 0 rings (SSSR count). The summed E-state index contributed by atoms with van der Waals surface area (Å²) in [7, 11) is 1.91. The molecular weight excluding hydrogens is 168 g/mol. The Balaban J connectivity index is 3.38. The second-order valence-corrected chi connectivity index (χ2v) is 2.89. The first-order chi connectivity index (χ1) is 6.20. The molecule has 0 saturated heterocycles. The maximum atomic E-state index is 11.1. The zero-order valence-corrected chi connectivity index (χ0v) is 8.80. The summed E-state index contributed by atoms with van der Waals surface area (Å²) in [6, 6.07) is 0. The highest BCUT2D eigenvalue weighted by atomic mass is 16.5. The Morgan fingerprint density at radius 3 is 2.69 bits per heavy atom. The second kappa shape index (κ2) is 8.01. The molecule has 4 heteroatoms. The van der Waals surface area contributed by atoms with E-state index in [1.165, 1.54) is 0 Å². The van der Waals surface area contributed by atoms with Crippen molar-refractivity contribution in [3.05, 3.63) is 0 Å². The molecule has 4 nitrogen and oxygen atoms in total. The molecule has 0 bridgehead atoms. The van der Waals surface area contributed by atoms with Crippen LogP contribution in [0.5, 0.6) is 0 Å². The first-order valence-corrected chi connectivity index (χ1v) is 4.73. The third-order valence-electron chi connectivity index (χ3n) is 1.61. The van der Waals surface area contributed by atoms with E-state index in [1.54, 1.807) is 0 Å². The highest BCUT2D eigenvalue weighted by Gasteiger charge is 2.03. The lowest BCUT2D eigenvalue weighted by Gasteiger charge is -2.15. The predicted molar refractivity (Wildman–Crippen MR) is 52.7 cm³/mol. The van der Waals surface area contributed by atoms with Gasteiger partial charge in [-0.2, -0.15) is 0 Å². The van der Waals surface area contributed by atoms with Gasteiger partial charge >= 0.3 is 0 Å². The lowest BCUT2D eigenvalue weighted by atomic mass is 10.5. The summed E-state index contributed by atoms with van der Waals surface area (Å²) in [5, 5.41) is 2.75. The van der Waals surface area contributed by atoms with Crippen LogP contribution >= 0.6 is 0 Å². The summed E-state index contributed by atoms with van der Waals surface area (Å²) < 4.78 is 5.17. The molecule has 0 aromatic rings. The highest BCUT2D eigenvalue weighted by Crippen LogP contribution is 1.83. The molecule has 0 saturated carbocycles. The Bertz CT molecular complexity index is 140. The van der Waals surface area contributed by atoms with Crippen molar-refractivity contribution in [3.8, 4) is 0 Å². The molecule has 0 aromatic heterocycles. The monoisotopic (exact) mass is 188 g/mol. The smallest absolute Gasteiger partial charge is 0.234 e. The minimum Gasteiger partial charge on any atom is -0.380 e. The van der Waals surface area contributed by atoms with Crippen LogP contribution in [-0.4, -0.2) is 50.7 Å². The van der Waals surface area contributed by atoms with Crippen molar-refractivity contribution < 1.29 is 9.53 Å². The van der Waals surface area contributed by atoms with Crippen LogP contribution in [0.3, 0.4) is 0 Å². The molecule has 78 valence electrons. The van der Waals surface area contributed by atoms with E-state index in [2.05, 4.69) is 5.32 Å². The minimum absolute atomic E-state index is 0.0708. The van der Waals surface area contributed by atoms with Crippen molar-refractivity contribution in [1.29, 1.82) is 0 Å². The van der Waals surface area contributed by atoms with Crippen molar-refractivity contribution in [2.45, 2.75) is 13.8 Å². The zero-order valence-electron chi connectivity index (χ0n) is 8.80. The van der Waals surface area contributed by atoms with E-state index in [0.29, 0.717) is 19.7 Å². The number of rotatable bonds is 7. The fourth-order valence-electron chi connectivity index (χ4n) is 0.942. The Labute approximate surface area is 80.2 Å². The Morgan fingerprint density at radius 2 is 2.15 bits per heavy atom. The lowest BCUT2D eigenvalue weighted by Crippen LogP contribution is -2.36. The summed E-state index contributed by atoms with van der Waals surface area (Å²) in [6.07, 6.45) is 0. The molecule has 1 N–H and O–H groups in total. The minimum atomic E-state index is 0.0708.